The third-order valence-corrected chi connectivity index (χ3v) is 5.27. The van der Waals surface area contributed by atoms with Crippen molar-refractivity contribution in [3.63, 3.8) is 0 Å². The van der Waals surface area contributed by atoms with Crippen LogP contribution in [0.2, 0.25) is 0 Å². The van der Waals surface area contributed by atoms with Crippen molar-refractivity contribution in [3.05, 3.63) is 64.8 Å². The normalized spacial score (nSPS) is 15.7. The number of carbonyl (C=O) groups excluding carboxylic acids is 1. The van der Waals surface area contributed by atoms with Crippen molar-refractivity contribution in [2.24, 2.45) is 0 Å². The maximum absolute atomic E-state index is 13.4. The fourth-order valence-corrected chi connectivity index (χ4v) is 3.73. The Morgan fingerprint density at radius 2 is 2.17 bits per heavy atom. The van der Waals surface area contributed by atoms with E-state index in [2.05, 4.69) is 15.5 Å². The number of nitrogens with zero attached hydrogens (tertiary/aromatic N) is 2. The molecule has 1 heterocycles. The lowest BCUT2D eigenvalue weighted by atomic mass is 9.87. The number of hydrogen-bond acceptors (Lipinski definition) is 5. The summed E-state index contributed by atoms with van der Waals surface area (Å²) in [6, 6.07) is 10.5. The third-order valence-electron chi connectivity index (χ3n) is 5.27. The van der Waals surface area contributed by atoms with Crippen molar-refractivity contribution < 1.29 is 13.7 Å². The first-order valence-corrected chi connectivity index (χ1v) is 9.76. The summed E-state index contributed by atoms with van der Waals surface area (Å²) in [5.41, 5.74) is 10.2. The number of hydrogen-bond donors (Lipinski definition) is 2. The van der Waals surface area contributed by atoms with Crippen molar-refractivity contribution in [2.75, 3.05) is 5.73 Å². The minimum atomic E-state index is -0.277. The number of carbonyl (C=O) groups is 1. The summed E-state index contributed by atoms with van der Waals surface area (Å²) in [6.07, 6.45) is 3.52. The van der Waals surface area contributed by atoms with E-state index in [1.165, 1.54) is 11.6 Å². The van der Waals surface area contributed by atoms with Crippen LogP contribution >= 0.6 is 0 Å². The second kappa shape index (κ2) is 8.03. The number of nitrogen functional groups attached to an aromatic ring is 1. The number of fused-ring (bicyclic) bond motifs is 1. The number of anilines is 1. The predicted octanol–water partition coefficient (Wildman–Crippen LogP) is 3.89. The summed E-state index contributed by atoms with van der Waals surface area (Å²) >= 11 is 0. The smallest absolute Gasteiger partial charge is 0.227 e. The first kappa shape index (κ1) is 19.1. The second-order valence-electron chi connectivity index (χ2n) is 7.45. The van der Waals surface area contributed by atoms with E-state index in [-0.39, 0.29) is 24.2 Å². The molecule has 3 aromatic rings. The first-order valence-electron chi connectivity index (χ1n) is 9.76. The summed E-state index contributed by atoms with van der Waals surface area (Å²) in [7, 11) is 0. The lowest BCUT2D eigenvalue weighted by Gasteiger charge is -2.26. The highest BCUT2D eigenvalue weighted by atomic mass is 19.1. The number of nitrogens with two attached hydrogens (primary N) is 1. The first-order chi connectivity index (χ1) is 14.0. The molecular weight excluding hydrogens is 371 g/mol. The Kier molecular flexibility index (Phi) is 5.29. The zero-order valence-corrected chi connectivity index (χ0v) is 16.2. The van der Waals surface area contributed by atoms with Gasteiger partial charge >= 0.3 is 0 Å². The Bertz CT molecular complexity index is 1050. The van der Waals surface area contributed by atoms with Crippen LogP contribution in [0.25, 0.3) is 11.4 Å². The highest BCUT2D eigenvalue weighted by molar-refractivity contribution is 5.76. The Labute approximate surface area is 168 Å². The molecule has 1 aliphatic carbocycles. The van der Waals surface area contributed by atoms with Crippen molar-refractivity contribution >= 4 is 11.6 Å². The van der Waals surface area contributed by atoms with Crippen LogP contribution in [0.1, 0.15) is 47.9 Å². The summed E-state index contributed by atoms with van der Waals surface area (Å²) < 4.78 is 18.7. The highest BCUT2D eigenvalue weighted by Gasteiger charge is 2.22. The number of benzene rings is 2. The topological polar surface area (TPSA) is 94.0 Å². The van der Waals surface area contributed by atoms with Gasteiger partial charge in [0.15, 0.2) is 0 Å². The van der Waals surface area contributed by atoms with Gasteiger partial charge in [0.2, 0.25) is 17.6 Å². The van der Waals surface area contributed by atoms with Gasteiger partial charge in [-0.3, -0.25) is 4.79 Å². The molecule has 0 spiro atoms. The van der Waals surface area contributed by atoms with E-state index < -0.39 is 0 Å². The van der Waals surface area contributed by atoms with Crippen LogP contribution in [0.5, 0.6) is 0 Å². The number of amides is 1. The van der Waals surface area contributed by atoms with E-state index in [0.29, 0.717) is 29.3 Å². The van der Waals surface area contributed by atoms with Gasteiger partial charge in [0, 0.05) is 24.1 Å². The summed E-state index contributed by atoms with van der Waals surface area (Å²) in [5, 5.41) is 7.04. The second-order valence-corrected chi connectivity index (χ2v) is 7.45. The van der Waals surface area contributed by atoms with Crippen molar-refractivity contribution in [3.8, 4) is 11.4 Å². The van der Waals surface area contributed by atoms with E-state index in [1.54, 1.807) is 19.1 Å². The van der Waals surface area contributed by atoms with Crippen LogP contribution < -0.4 is 11.1 Å². The number of nitrogens with one attached hydrogen (secondary N) is 1. The molecule has 0 saturated heterocycles. The van der Waals surface area contributed by atoms with Crippen molar-refractivity contribution in [2.45, 2.75) is 45.1 Å². The molecule has 1 atom stereocenters. The van der Waals surface area contributed by atoms with Crippen LogP contribution in [-0.4, -0.2) is 16.0 Å². The van der Waals surface area contributed by atoms with Gasteiger partial charge in [0.05, 0.1) is 6.04 Å². The van der Waals surface area contributed by atoms with Gasteiger partial charge in [-0.25, -0.2) is 4.39 Å². The zero-order valence-electron chi connectivity index (χ0n) is 16.2. The minimum Gasteiger partial charge on any atom is -0.399 e. The molecular formula is C22H23FN4O2. The lowest BCUT2D eigenvalue weighted by molar-refractivity contribution is -0.122. The molecule has 0 fully saturated rings. The van der Waals surface area contributed by atoms with Crippen molar-refractivity contribution in [1.82, 2.24) is 15.5 Å². The molecule has 2 aromatic carbocycles. The average Bonchev–Trinajstić information content (AvgIpc) is 3.17. The summed E-state index contributed by atoms with van der Waals surface area (Å²) in [4.78, 5) is 16.8. The fourth-order valence-electron chi connectivity index (χ4n) is 3.73. The van der Waals surface area contributed by atoms with Gasteiger partial charge in [-0.15, -0.1) is 0 Å². The lowest BCUT2D eigenvalue weighted by Crippen LogP contribution is -2.31. The SMILES string of the molecule is Cc1cc(-c2noc(CCC(=O)NC3CCCc4cc(N)ccc43)n2)ccc1F. The maximum Gasteiger partial charge on any atom is 0.227 e. The van der Waals surface area contributed by atoms with E-state index in [1.807, 2.05) is 18.2 Å². The van der Waals surface area contributed by atoms with Gasteiger partial charge in [-0.1, -0.05) is 11.2 Å². The van der Waals surface area contributed by atoms with Gasteiger partial charge < -0.3 is 15.6 Å². The van der Waals surface area contributed by atoms with E-state index in [9.17, 15) is 9.18 Å². The van der Waals surface area contributed by atoms with Crippen molar-refractivity contribution in [1.29, 1.82) is 0 Å². The molecule has 1 aromatic heterocycles. The van der Waals surface area contributed by atoms with Gasteiger partial charge in [0.25, 0.3) is 0 Å². The molecule has 0 bridgehead atoms. The quantitative estimate of drug-likeness (QED) is 0.640. The molecule has 1 unspecified atom stereocenters. The Hall–Kier alpha value is -3.22. The fraction of sp³-hybridized carbons (Fsp3) is 0.318. The molecule has 29 heavy (non-hydrogen) atoms. The molecule has 0 radical (unpaired) electrons. The van der Waals surface area contributed by atoms with Crippen LogP contribution in [0.4, 0.5) is 10.1 Å². The van der Waals surface area contributed by atoms with Crippen LogP contribution in [0, 0.1) is 12.7 Å². The summed E-state index contributed by atoms with van der Waals surface area (Å²) in [5.74, 6) is 0.439. The number of aryl methyl sites for hydroxylation is 3. The highest BCUT2D eigenvalue weighted by Crippen LogP contribution is 2.31. The third kappa shape index (κ3) is 4.29. The molecule has 1 amide bonds. The molecule has 1 aliphatic rings. The van der Waals surface area contributed by atoms with Gasteiger partial charge in [-0.05, 0) is 73.2 Å². The van der Waals surface area contributed by atoms with E-state index >= 15 is 0 Å². The largest absolute Gasteiger partial charge is 0.399 e. The van der Waals surface area contributed by atoms with Crippen LogP contribution in [0.15, 0.2) is 40.9 Å². The Morgan fingerprint density at radius 1 is 1.31 bits per heavy atom. The summed E-state index contributed by atoms with van der Waals surface area (Å²) in [6.45, 7) is 1.68. The predicted molar refractivity (Wildman–Crippen MR) is 107 cm³/mol. The molecule has 7 heteroatoms. The number of aromatic nitrogens is 2. The Balaban J connectivity index is 1.36. The standard InChI is InChI=1S/C22H23FN4O2/c1-13-11-15(5-8-18(13)23)22-26-21(29-27-22)10-9-20(28)25-19-4-2-3-14-12-16(24)6-7-17(14)19/h5-8,11-12,19H,2-4,9-10,24H2,1H3,(H,25,28). The number of halogens is 1. The van der Waals surface area contributed by atoms with Gasteiger partial charge in [-0.2, -0.15) is 4.98 Å². The monoisotopic (exact) mass is 394 g/mol. The maximum atomic E-state index is 13.4. The molecule has 0 aliphatic heterocycles. The molecule has 150 valence electrons. The van der Waals surface area contributed by atoms with E-state index in [0.717, 1.165) is 30.5 Å². The molecule has 0 saturated carbocycles. The van der Waals surface area contributed by atoms with Crippen LogP contribution in [-0.2, 0) is 17.6 Å². The molecule has 6 nitrogen and oxygen atoms in total. The van der Waals surface area contributed by atoms with Gasteiger partial charge in [0.1, 0.15) is 5.82 Å². The molecule has 4 rings (SSSR count). The number of rotatable bonds is 5. The van der Waals surface area contributed by atoms with E-state index in [4.69, 9.17) is 10.3 Å². The van der Waals surface area contributed by atoms with Crippen LogP contribution in [0.3, 0.4) is 0 Å². The Morgan fingerprint density at radius 3 is 3.00 bits per heavy atom. The average molecular weight is 394 g/mol. The minimum absolute atomic E-state index is 0.00675. The zero-order chi connectivity index (χ0) is 20.4. The molecule has 3 N–H and O–H groups in total.